The van der Waals surface area contributed by atoms with E-state index in [1.54, 1.807) is 0 Å². The Hall–Kier alpha value is -2.41. The molecule has 2 heterocycles. The third-order valence-corrected chi connectivity index (χ3v) is 3.64. The van der Waals surface area contributed by atoms with Crippen LogP contribution in [0, 0.1) is 0 Å². The first-order valence-electron chi connectivity index (χ1n) is 6.14. The van der Waals surface area contributed by atoms with E-state index in [4.69, 9.17) is 10.3 Å². The van der Waals surface area contributed by atoms with Gasteiger partial charge in [0.1, 0.15) is 10.8 Å². The molecule has 0 amide bonds. The van der Waals surface area contributed by atoms with Crippen molar-refractivity contribution in [3.05, 3.63) is 42.5 Å². The second-order valence-corrected chi connectivity index (χ2v) is 4.94. The standard InChI is InChI=1S/C13H13N5OS/c14-12-11(9-4-2-1-3-5-9)13(20-18-12)15-7-6-10-16-8-19-17-10/h1-5,8,15H,6-7H2,(H2,14,18). The molecule has 7 heteroatoms. The molecule has 3 aromatic rings. The van der Waals surface area contributed by atoms with Gasteiger partial charge in [-0.15, -0.1) is 0 Å². The summed E-state index contributed by atoms with van der Waals surface area (Å²) >= 11 is 1.36. The van der Waals surface area contributed by atoms with Crippen LogP contribution in [-0.2, 0) is 6.42 Å². The highest BCUT2D eigenvalue weighted by Gasteiger charge is 2.13. The number of nitrogens with two attached hydrogens (primary N) is 1. The quantitative estimate of drug-likeness (QED) is 0.749. The van der Waals surface area contributed by atoms with Crippen LogP contribution in [0.3, 0.4) is 0 Å². The van der Waals surface area contributed by atoms with Gasteiger partial charge in [0.05, 0.1) is 5.56 Å². The minimum absolute atomic E-state index is 0.545. The molecule has 0 saturated carbocycles. The first-order chi connectivity index (χ1) is 9.84. The van der Waals surface area contributed by atoms with Crippen molar-refractivity contribution >= 4 is 22.4 Å². The number of nitrogen functional groups attached to an aromatic ring is 1. The number of benzene rings is 1. The molecule has 0 bridgehead atoms. The molecule has 20 heavy (non-hydrogen) atoms. The molecular formula is C13H13N5OS. The molecule has 0 fully saturated rings. The lowest BCUT2D eigenvalue weighted by Gasteiger charge is -2.06. The highest BCUT2D eigenvalue weighted by Crippen LogP contribution is 2.36. The lowest BCUT2D eigenvalue weighted by molar-refractivity contribution is 0.410. The van der Waals surface area contributed by atoms with Crippen LogP contribution in [0.25, 0.3) is 11.1 Å². The maximum atomic E-state index is 5.96. The average molecular weight is 287 g/mol. The molecule has 0 aliphatic rings. The van der Waals surface area contributed by atoms with Gasteiger partial charge >= 0.3 is 0 Å². The van der Waals surface area contributed by atoms with E-state index in [1.807, 2.05) is 30.3 Å². The fourth-order valence-corrected chi connectivity index (χ4v) is 2.66. The van der Waals surface area contributed by atoms with Crippen molar-refractivity contribution in [2.24, 2.45) is 0 Å². The average Bonchev–Trinajstić information content (AvgIpc) is 3.10. The van der Waals surface area contributed by atoms with Gasteiger partial charge in [-0.05, 0) is 17.1 Å². The molecule has 3 N–H and O–H groups in total. The molecule has 0 atom stereocenters. The Balaban J connectivity index is 1.74. The summed E-state index contributed by atoms with van der Waals surface area (Å²) < 4.78 is 8.91. The van der Waals surface area contributed by atoms with Crippen molar-refractivity contribution in [2.75, 3.05) is 17.6 Å². The molecule has 6 nitrogen and oxygen atoms in total. The summed E-state index contributed by atoms with van der Waals surface area (Å²) in [5.41, 5.74) is 7.96. The van der Waals surface area contributed by atoms with Gasteiger partial charge in [0.2, 0.25) is 6.39 Å². The van der Waals surface area contributed by atoms with Crippen LogP contribution in [-0.4, -0.2) is 21.1 Å². The summed E-state index contributed by atoms with van der Waals surface area (Å²) in [7, 11) is 0. The largest absolute Gasteiger partial charge is 0.382 e. The van der Waals surface area contributed by atoms with Crippen LogP contribution < -0.4 is 11.1 Å². The van der Waals surface area contributed by atoms with Gasteiger partial charge in [-0.3, -0.25) is 0 Å². The van der Waals surface area contributed by atoms with Gasteiger partial charge < -0.3 is 15.6 Å². The minimum Gasteiger partial charge on any atom is -0.382 e. The Labute approximate surface area is 119 Å². The first kappa shape index (κ1) is 12.6. The topological polar surface area (TPSA) is 89.9 Å². The van der Waals surface area contributed by atoms with E-state index in [-0.39, 0.29) is 0 Å². The predicted octanol–water partition coefficient (Wildman–Crippen LogP) is 2.43. The zero-order valence-electron chi connectivity index (χ0n) is 10.6. The second kappa shape index (κ2) is 5.70. The molecule has 2 aromatic heterocycles. The van der Waals surface area contributed by atoms with E-state index >= 15 is 0 Å². The van der Waals surface area contributed by atoms with Gasteiger partial charge in [-0.25, -0.2) is 0 Å². The number of anilines is 2. The third-order valence-electron chi connectivity index (χ3n) is 2.82. The number of hydrogen-bond acceptors (Lipinski definition) is 7. The van der Waals surface area contributed by atoms with Gasteiger partial charge in [-0.2, -0.15) is 9.36 Å². The van der Waals surface area contributed by atoms with Crippen molar-refractivity contribution in [2.45, 2.75) is 6.42 Å². The van der Waals surface area contributed by atoms with E-state index in [1.165, 1.54) is 17.9 Å². The van der Waals surface area contributed by atoms with Crippen molar-refractivity contribution in [1.82, 2.24) is 14.5 Å². The van der Waals surface area contributed by atoms with Crippen molar-refractivity contribution in [3.63, 3.8) is 0 Å². The Bertz CT molecular complexity index is 665. The summed E-state index contributed by atoms with van der Waals surface area (Å²) in [4.78, 5) is 3.98. The Morgan fingerprint density at radius 2 is 2.10 bits per heavy atom. The Kier molecular flexibility index (Phi) is 3.60. The van der Waals surface area contributed by atoms with Crippen LogP contribution in [0.5, 0.6) is 0 Å². The van der Waals surface area contributed by atoms with Gasteiger partial charge in [0, 0.05) is 13.0 Å². The van der Waals surface area contributed by atoms with E-state index < -0.39 is 0 Å². The number of nitrogens with one attached hydrogen (secondary N) is 1. The molecular weight excluding hydrogens is 274 g/mol. The van der Waals surface area contributed by atoms with Crippen LogP contribution >= 0.6 is 11.5 Å². The summed E-state index contributed by atoms with van der Waals surface area (Å²) in [6.07, 6.45) is 2.01. The molecule has 0 spiro atoms. The first-order valence-corrected chi connectivity index (χ1v) is 6.91. The zero-order valence-corrected chi connectivity index (χ0v) is 11.4. The van der Waals surface area contributed by atoms with E-state index in [0.717, 1.165) is 16.1 Å². The maximum absolute atomic E-state index is 5.96. The number of nitrogens with zero attached hydrogens (tertiary/aromatic N) is 3. The van der Waals surface area contributed by atoms with Crippen LogP contribution in [0.4, 0.5) is 10.8 Å². The van der Waals surface area contributed by atoms with E-state index in [9.17, 15) is 0 Å². The summed E-state index contributed by atoms with van der Waals surface area (Å²) in [6, 6.07) is 9.98. The van der Waals surface area contributed by atoms with Gasteiger partial charge in [-0.1, -0.05) is 35.5 Å². The van der Waals surface area contributed by atoms with Gasteiger partial charge in [0.15, 0.2) is 5.82 Å². The summed E-state index contributed by atoms with van der Waals surface area (Å²) in [5, 5.41) is 8.05. The van der Waals surface area contributed by atoms with Crippen molar-refractivity contribution in [3.8, 4) is 11.1 Å². The molecule has 0 saturated heterocycles. The number of rotatable bonds is 5. The number of hydrogen-bond donors (Lipinski definition) is 2. The van der Waals surface area contributed by atoms with E-state index in [0.29, 0.717) is 24.6 Å². The summed E-state index contributed by atoms with van der Waals surface area (Å²) in [6.45, 7) is 0.695. The molecule has 1 aromatic carbocycles. The van der Waals surface area contributed by atoms with Crippen molar-refractivity contribution in [1.29, 1.82) is 0 Å². The van der Waals surface area contributed by atoms with Crippen LogP contribution in [0.15, 0.2) is 41.2 Å². The van der Waals surface area contributed by atoms with Crippen molar-refractivity contribution < 1.29 is 4.52 Å². The second-order valence-electron chi connectivity index (χ2n) is 4.16. The smallest absolute Gasteiger partial charge is 0.213 e. The number of aromatic nitrogens is 3. The fraction of sp³-hybridized carbons (Fsp3) is 0.154. The zero-order chi connectivity index (χ0) is 13.8. The fourth-order valence-electron chi connectivity index (χ4n) is 1.90. The lowest BCUT2D eigenvalue weighted by atomic mass is 10.1. The Morgan fingerprint density at radius 1 is 1.25 bits per heavy atom. The summed E-state index contributed by atoms with van der Waals surface area (Å²) in [5.74, 6) is 1.22. The van der Waals surface area contributed by atoms with Gasteiger partial charge in [0.25, 0.3) is 0 Å². The monoisotopic (exact) mass is 287 g/mol. The van der Waals surface area contributed by atoms with Crippen LogP contribution in [0.1, 0.15) is 5.82 Å². The molecule has 0 radical (unpaired) electrons. The minimum atomic E-state index is 0.545. The lowest BCUT2D eigenvalue weighted by Crippen LogP contribution is -2.05. The normalized spacial score (nSPS) is 10.6. The maximum Gasteiger partial charge on any atom is 0.213 e. The molecule has 0 unspecified atom stereocenters. The SMILES string of the molecule is Nc1nsc(NCCc2ncon2)c1-c1ccccc1. The molecule has 102 valence electrons. The Morgan fingerprint density at radius 3 is 2.85 bits per heavy atom. The highest BCUT2D eigenvalue weighted by molar-refractivity contribution is 7.11. The molecule has 0 aliphatic heterocycles. The van der Waals surface area contributed by atoms with E-state index in [2.05, 4.69) is 19.8 Å². The highest BCUT2D eigenvalue weighted by atomic mass is 32.1. The third kappa shape index (κ3) is 2.62. The predicted molar refractivity (Wildman–Crippen MR) is 78.5 cm³/mol. The molecule has 3 rings (SSSR count). The molecule has 0 aliphatic carbocycles. The van der Waals surface area contributed by atoms with Crippen LogP contribution in [0.2, 0.25) is 0 Å².